The third kappa shape index (κ3) is 7.14. The number of nitrogens with zero attached hydrogens (tertiary/aromatic N) is 4. The maximum Gasteiger partial charge on any atom is 0.269 e. The van der Waals surface area contributed by atoms with Gasteiger partial charge in [0.15, 0.2) is 0 Å². The first-order valence-corrected chi connectivity index (χ1v) is 13.3. The molecular formula is C25H27ClF5N7O4. The van der Waals surface area contributed by atoms with Gasteiger partial charge in [0, 0.05) is 24.8 Å². The highest BCUT2D eigenvalue weighted by atomic mass is 35.5. The SMILES string of the molecule is CC(C)c1nocc1C(=O)N[C@H](C(=O)Nc1cn(C(CC(F)F)c2cc(Cl)n[nH]c2=O)nc1F)C1CCC(F)(F)CC1. The molecule has 4 rings (SSSR count). The van der Waals surface area contributed by atoms with Crippen molar-refractivity contribution in [3.05, 3.63) is 56.8 Å². The molecular weight excluding hydrogens is 593 g/mol. The Bertz CT molecular complexity index is 1480. The molecule has 17 heteroatoms. The molecule has 0 bridgehead atoms. The molecule has 228 valence electrons. The van der Waals surface area contributed by atoms with E-state index < -0.39 is 78.6 Å². The van der Waals surface area contributed by atoms with Crippen molar-refractivity contribution in [2.45, 2.75) is 76.3 Å². The molecule has 42 heavy (non-hydrogen) atoms. The highest BCUT2D eigenvalue weighted by Gasteiger charge is 2.41. The molecule has 1 aliphatic rings. The van der Waals surface area contributed by atoms with Crippen LogP contribution in [0.25, 0.3) is 0 Å². The number of rotatable bonds is 10. The van der Waals surface area contributed by atoms with Crippen molar-refractivity contribution < 1.29 is 36.1 Å². The minimum Gasteiger partial charge on any atom is -0.364 e. The largest absolute Gasteiger partial charge is 0.364 e. The number of carbonyl (C=O) groups excluding carboxylic acids is 2. The van der Waals surface area contributed by atoms with Gasteiger partial charge in [0.1, 0.15) is 28.7 Å². The average molecular weight is 620 g/mol. The fourth-order valence-corrected chi connectivity index (χ4v) is 5.02. The smallest absolute Gasteiger partial charge is 0.269 e. The van der Waals surface area contributed by atoms with E-state index in [1.54, 1.807) is 13.8 Å². The Morgan fingerprint density at radius 1 is 1.26 bits per heavy atom. The van der Waals surface area contributed by atoms with Crippen LogP contribution in [-0.2, 0) is 4.79 Å². The van der Waals surface area contributed by atoms with Gasteiger partial charge in [-0.25, -0.2) is 22.7 Å². The Hall–Kier alpha value is -3.82. The van der Waals surface area contributed by atoms with Gasteiger partial charge in [-0.15, -0.1) is 5.10 Å². The van der Waals surface area contributed by atoms with Gasteiger partial charge < -0.3 is 15.2 Å². The second-order valence-corrected chi connectivity index (χ2v) is 10.7. The van der Waals surface area contributed by atoms with Gasteiger partial charge in [-0.1, -0.05) is 30.6 Å². The maximum absolute atomic E-state index is 14.9. The number of nitrogens with one attached hydrogen (secondary N) is 3. The second-order valence-electron chi connectivity index (χ2n) is 10.3. The van der Waals surface area contributed by atoms with E-state index in [1.807, 2.05) is 0 Å². The fourth-order valence-electron chi connectivity index (χ4n) is 4.86. The summed E-state index contributed by atoms with van der Waals surface area (Å²) >= 11 is 5.80. The van der Waals surface area contributed by atoms with Gasteiger partial charge in [-0.05, 0) is 30.7 Å². The molecule has 0 saturated heterocycles. The monoisotopic (exact) mass is 619 g/mol. The van der Waals surface area contributed by atoms with Crippen molar-refractivity contribution >= 4 is 29.1 Å². The predicted molar refractivity (Wildman–Crippen MR) is 138 cm³/mol. The van der Waals surface area contributed by atoms with Crippen molar-refractivity contribution in [1.29, 1.82) is 0 Å². The zero-order chi connectivity index (χ0) is 30.8. The lowest BCUT2D eigenvalue weighted by molar-refractivity contribution is -0.121. The number of aromatic nitrogens is 5. The summed E-state index contributed by atoms with van der Waals surface area (Å²) in [6.45, 7) is 3.52. The molecule has 1 unspecified atom stereocenters. The van der Waals surface area contributed by atoms with E-state index in [2.05, 4.69) is 31.1 Å². The maximum atomic E-state index is 14.9. The van der Waals surface area contributed by atoms with E-state index in [9.17, 15) is 36.3 Å². The van der Waals surface area contributed by atoms with Gasteiger partial charge in [-0.2, -0.15) is 9.49 Å². The number of H-pyrrole nitrogens is 1. The number of halogens is 6. The third-order valence-electron chi connectivity index (χ3n) is 7.02. The Labute approximate surface area is 240 Å². The van der Waals surface area contributed by atoms with Crippen LogP contribution in [0.1, 0.15) is 79.5 Å². The number of hydrogen-bond donors (Lipinski definition) is 3. The van der Waals surface area contributed by atoms with Gasteiger partial charge in [0.05, 0.1) is 17.9 Å². The van der Waals surface area contributed by atoms with Gasteiger partial charge in [-0.3, -0.25) is 19.1 Å². The van der Waals surface area contributed by atoms with E-state index in [0.717, 1.165) is 23.2 Å². The quantitative estimate of drug-likeness (QED) is 0.279. The van der Waals surface area contributed by atoms with Gasteiger partial charge in [0.2, 0.25) is 18.3 Å². The molecule has 2 atom stereocenters. The summed E-state index contributed by atoms with van der Waals surface area (Å²) in [6, 6.07) is -1.84. The lowest BCUT2D eigenvalue weighted by Crippen LogP contribution is -2.50. The summed E-state index contributed by atoms with van der Waals surface area (Å²) in [5, 5.41) is 17.5. The lowest BCUT2D eigenvalue weighted by atomic mass is 9.81. The first-order chi connectivity index (χ1) is 19.8. The molecule has 0 aliphatic heterocycles. The highest BCUT2D eigenvalue weighted by molar-refractivity contribution is 6.29. The van der Waals surface area contributed by atoms with Crippen LogP contribution in [0.5, 0.6) is 0 Å². The van der Waals surface area contributed by atoms with Gasteiger partial charge >= 0.3 is 0 Å². The van der Waals surface area contributed by atoms with Crippen molar-refractivity contribution in [1.82, 2.24) is 30.5 Å². The molecule has 3 aromatic rings. The standard InChI is InChI=1S/C25H27ClF5N7O4/c1-11(2)19-14(10-42-37-19)22(39)33-20(12-3-5-25(30,31)6-4-12)24(41)32-15-9-38(36-21(15)29)16(8-18(27)28)13-7-17(26)34-35-23(13)40/h7,9-12,16,18,20H,3-6,8H2,1-2H3,(H,32,41)(H,33,39)(H,35,40)/t16?,20-/m0/s1. The number of anilines is 1. The van der Waals surface area contributed by atoms with Crippen LogP contribution < -0.4 is 16.2 Å². The van der Waals surface area contributed by atoms with Crippen LogP contribution >= 0.6 is 11.6 Å². The highest BCUT2D eigenvalue weighted by Crippen LogP contribution is 2.38. The van der Waals surface area contributed by atoms with Crippen molar-refractivity contribution in [3.8, 4) is 0 Å². The molecule has 2 amide bonds. The molecule has 0 aromatic carbocycles. The van der Waals surface area contributed by atoms with Crippen LogP contribution in [0.15, 0.2) is 27.8 Å². The van der Waals surface area contributed by atoms with E-state index in [4.69, 9.17) is 16.1 Å². The Morgan fingerprint density at radius 2 is 1.95 bits per heavy atom. The lowest BCUT2D eigenvalue weighted by Gasteiger charge is -2.33. The number of carbonyl (C=O) groups is 2. The van der Waals surface area contributed by atoms with Crippen LogP contribution in [0.3, 0.4) is 0 Å². The Kier molecular flexibility index (Phi) is 9.33. The van der Waals surface area contributed by atoms with Crippen LogP contribution in [0.4, 0.5) is 27.6 Å². The average Bonchev–Trinajstić information content (AvgIpc) is 3.55. The molecule has 1 fully saturated rings. The Morgan fingerprint density at radius 3 is 2.60 bits per heavy atom. The minimum atomic E-state index is -2.94. The predicted octanol–water partition coefficient (Wildman–Crippen LogP) is 4.68. The summed E-state index contributed by atoms with van der Waals surface area (Å²) in [6.07, 6.45) is -3.18. The summed E-state index contributed by atoms with van der Waals surface area (Å²) < 4.78 is 75.1. The molecule has 3 heterocycles. The summed E-state index contributed by atoms with van der Waals surface area (Å²) in [7, 11) is 0. The molecule has 1 saturated carbocycles. The van der Waals surface area contributed by atoms with Crippen molar-refractivity contribution in [3.63, 3.8) is 0 Å². The minimum absolute atomic E-state index is 0.0408. The first kappa shape index (κ1) is 31.1. The van der Waals surface area contributed by atoms with E-state index >= 15 is 0 Å². The zero-order valence-electron chi connectivity index (χ0n) is 22.3. The fraction of sp³-hybridized carbons (Fsp3) is 0.520. The summed E-state index contributed by atoms with van der Waals surface area (Å²) in [5.41, 5.74) is -1.34. The summed E-state index contributed by atoms with van der Waals surface area (Å²) in [5.74, 6) is -6.86. The molecule has 0 spiro atoms. The number of hydrogen-bond acceptors (Lipinski definition) is 7. The molecule has 11 nitrogen and oxygen atoms in total. The topological polar surface area (TPSA) is 148 Å². The number of alkyl halides is 4. The third-order valence-corrected chi connectivity index (χ3v) is 7.21. The second kappa shape index (κ2) is 12.6. The van der Waals surface area contributed by atoms with Crippen molar-refractivity contribution in [2.24, 2.45) is 5.92 Å². The van der Waals surface area contributed by atoms with Crippen LogP contribution in [0.2, 0.25) is 5.15 Å². The van der Waals surface area contributed by atoms with Crippen LogP contribution in [-0.4, -0.2) is 55.3 Å². The summed E-state index contributed by atoms with van der Waals surface area (Å²) in [4.78, 5) is 38.8. The molecule has 3 aromatic heterocycles. The van der Waals surface area contributed by atoms with Crippen molar-refractivity contribution in [2.75, 3.05) is 5.32 Å². The number of amides is 2. The van der Waals surface area contributed by atoms with Crippen LogP contribution in [0, 0.1) is 11.9 Å². The molecule has 0 radical (unpaired) electrons. The molecule has 1 aliphatic carbocycles. The zero-order valence-corrected chi connectivity index (χ0v) is 23.1. The number of aromatic amines is 1. The van der Waals surface area contributed by atoms with E-state index in [1.165, 1.54) is 0 Å². The Balaban J connectivity index is 1.62. The first-order valence-electron chi connectivity index (χ1n) is 13.0. The normalized spacial score (nSPS) is 16.9. The molecule has 3 N–H and O–H groups in total. The van der Waals surface area contributed by atoms with Gasteiger partial charge in [0.25, 0.3) is 17.4 Å². The van der Waals surface area contributed by atoms with E-state index in [0.29, 0.717) is 5.69 Å². The van der Waals surface area contributed by atoms with E-state index in [-0.39, 0.29) is 35.0 Å².